The van der Waals surface area contributed by atoms with Gasteiger partial charge in [0.2, 0.25) is 0 Å². The molecule has 6 nitrogen and oxygen atoms in total. The van der Waals surface area contributed by atoms with Gasteiger partial charge >= 0.3 is 5.97 Å². The van der Waals surface area contributed by atoms with Gasteiger partial charge in [-0.3, -0.25) is 0 Å². The number of aromatic nitrogens is 2. The van der Waals surface area contributed by atoms with E-state index in [1.807, 2.05) is 6.07 Å². The molecule has 2 aromatic rings. The Bertz CT molecular complexity index is 686. The zero-order valence-electron chi connectivity index (χ0n) is 10.6. The van der Waals surface area contributed by atoms with Crippen molar-refractivity contribution in [2.45, 2.75) is 6.92 Å². The lowest BCUT2D eigenvalue weighted by Gasteiger charge is -2.03. The Balaban J connectivity index is 2.53. The van der Waals surface area contributed by atoms with Crippen LogP contribution in [0, 0.1) is 11.3 Å². The average Bonchev–Trinajstić information content (AvgIpc) is 2.77. The number of nitriles is 1. The number of hydrogen-bond acceptors (Lipinski definition) is 5. The maximum atomic E-state index is 11.7. The zero-order chi connectivity index (χ0) is 14.7. The van der Waals surface area contributed by atoms with Crippen molar-refractivity contribution in [1.29, 1.82) is 5.26 Å². The van der Waals surface area contributed by atoms with Crippen LogP contribution in [-0.4, -0.2) is 22.4 Å². The lowest BCUT2D eigenvalue weighted by atomic mass is 10.2. The summed E-state index contributed by atoms with van der Waals surface area (Å²) in [7, 11) is 0. The number of esters is 1. The molecular weight excluding hydrogens is 280 g/mol. The first-order valence-electron chi connectivity index (χ1n) is 5.80. The summed E-state index contributed by atoms with van der Waals surface area (Å²) in [6, 6.07) is 8.56. The van der Waals surface area contributed by atoms with Crippen LogP contribution in [0.25, 0.3) is 5.69 Å². The second kappa shape index (κ2) is 5.63. The van der Waals surface area contributed by atoms with E-state index in [0.717, 1.165) is 0 Å². The average molecular weight is 291 g/mol. The van der Waals surface area contributed by atoms with Gasteiger partial charge in [-0.15, -0.1) is 0 Å². The standard InChI is InChI=1S/C13H11ClN4O2/c1-2-20-13(19)11-10(7-15)12(16)18(17-11)9-5-3-8(14)4-6-9/h3-6H,2,16H2,1H3. The molecule has 0 bridgehead atoms. The minimum Gasteiger partial charge on any atom is -0.461 e. The third-order valence-corrected chi connectivity index (χ3v) is 2.82. The number of carbonyl (C=O) groups excluding carboxylic acids is 1. The smallest absolute Gasteiger partial charge is 0.360 e. The molecule has 0 radical (unpaired) electrons. The molecule has 0 aliphatic rings. The molecular formula is C13H11ClN4O2. The van der Waals surface area contributed by atoms with E-state index < -0.39 is 5.97 Å². The number of carbonyl (C=O) groups is 1. The van der Waals surface area contributed by atoms with E-state index >= 15 is 0 Å². The topological polar surface area (TPSA) is 93.9 Å². The summed E-state index contributed by atoms with van der Waals surface area (Å²) in [4.78, 5) is 11.7. The number of benzene rings is 1. The summed E-state index contributed by atoms with van der Waals surface area (Å²) < 4.78 is 6.16. The molecule has 0 saturated carbocycles. The van der Waals surface area contributed by atoms with E-state index in [0.29, 0.717) is 10.7 Å². The molecule has 102 valence electrons. The molecule has 0 amide bonds. The van der Waals surface area contributed by atoms with Crippen LogP contribution in [0.4, 0.5) is 5.82 Å². The van der Waals surface area contributed by atoms with E-state index in [9.17, 15) is 4.79 Å². The molecule has 20 heavy (non-hydrogen) atoms. The van der Waals surface area contributed by atoms with Gasteiger partial charge < -0.3 is 10.5 Å². The molecule has 0 spiro atoms. The lowest BCUT2D eigenvalue weighted by molar-refractivity contribution is 0.0518. The molecule has 1 aromatic heterocycles. The molecule has 7 heteroatoms. The predicted molar refractivity (Wildman–Crippen MR) is 73.7 cm³/mol. The zero-order valence-corrected chi connectivity index (χ0v) is 11.4. The fourth-order valence-corrected chi connectivity index (χ4v) is 1.79. The molecule has 1 aromatic carbocycles. The number of nitrogens with two attached hydrogens (primary N) is 1. The van der Waals surface area contributed by atoms with Crippen molar-refractivity contribution in [3.8, 4) is 11.8 Å². The predicted octanol–water partition coefficient (Wildman–Crippen LogP) is 2.16. The van der Waals surface area contributed by atoms with Gasteiger partial charge in [0.25, 0.3) is 0 Å². The number of nitrogen functional groups attached to an aromatic ring is 1. The highest BCUT2D eigenvalue weighted by Gasteiger charge is 2.23. The normalized spacial score (nSPS) is 10.1. The van der Waals surface area contributed by atoms with Crippen molar-refractivity contribution < 1.29 is 9.53 Å². The van der Waals surface area contributed by atoms with Crippen LogP contribution in [-0.2, 0) is 4.74 Å². The third kappa shape index (κ3) is 2.44. The van der Waals surface area contributed by atoms with E-state index in [1.54, 1.807) is 31.2 Å². The first kappa shape index (κ1) is 13.9. The largest absolute Gasteiger partial charge is 0.461 e. The minimum absolute atomic E-state index is 0.00148. The Morgan fingerprint density at radius 3 is 2.70 bits per heavy atom. The van der Waals surface area contributed by atoms with Crippen LogP contribution >= 0.6 is 11.6 Å². The number of rotatable bonds is 3. The minimum atomic E-state index is -0.677. The molecule has 0 atom stereocenters. The van der Waals surface area contributed by atoms with Crippen molar-refractivity contribution in [2.75, 3.05) is 12.3 Å². The Morgan fingerprint density at radius 2 is 2.15 bits per heavy atom. The second-order valence-electron chi connectivity index (χ2n) is 3.83. The van der Waals surface area contributed by atoms with Gasteiger partial charge in [-0.2, -0.15) is 10.4 Å². The number of hydrogen-bond donors (Lipinski definition) is 1. The van der Waals surface area contributed by atoms with Gasteiger partial charge in [0, 0.05) is 5.02 Å². The molecule has 0 aliphatic heterocycles. The maximum Gasteiger partial charge on any atom is 0.360 e. The summed E-state index contributed by atoms with van der Waals surface area (Å²) in [6.45, 7) is 1.86. The van der Waals surface area contributed by atoms with Gasteiger partial charge in [0.1, 0.15) is 17.5 Å². The number of ether oxygens (including phenoxy) is 1. The van der Waals surface area contributed by atoms with Crippen LogP contribution in [0.5, 0.6) is 0 Å². The Morgan fingerprint density at radius 1 is 1.50 bits per heavy atom. The van der Waals surface area contributed by atoms with E-state index in [2.05, 4.69) is 5.10 Å². The highest BCUT2D eigenvalue weighted by molar-refractivity contribution is 6.30. The van der Waals surface area contributed by atoms with Crippen molar-refractivity contribution in [3.05, 3.63) is 40.5 Å². The summed E-state index contributed by atoms with van der Waals surface area (Å²) in [5.41, 5.74) is 6.36. The number of halogens is 1. The molecule has 1 heterocycles. The lowest BCUT2D eigenvalue weighted by Crippen LogP contribution is -2.08. The van der Waals surface area contributed by atoms with Crippen LogP contribution in [0.3, 0.4) is 0 Å². The van der Waals surface area contributed by atoms with Gasteiger partial charge in [-0.25, -0.2) is 9.48 Å². The SMILES string of the molecule is CCOC(=O)c1nn(-c2ccc(Cl)cc2)c(N)c1C#N. The van der Waals surface area contributed by atoms with E-state index in [-0.39, 0.29) is 23.7 Å². The fourth-order valence-electron chi connectivity index (χ4n) is 1.66. The van der Waals surface area contributed by atoms with Crippen molar-refractivity contribution in [2.24, 2.45) is 0 Å². The summed E-state index contributed by atoms with van der Waals surface area (Å²) in [5.74, 6) is -0.596. The molecule has 2 rings (SSSR count). The molecule has 2 N–H and O–H groups in total. The first-order chi connectivity index (χ1) is 9.58. The highest BCUT2D eigenvalue weighted by atomic mass is 35.5. The van der Waals surface area contributed by atoms with Gasteiger partial charge in [-0.05, 0) is 31.2 Å². The quantitative estimate of drug-likeness (QED) is 0.874. The van der Waals surface area contributed by atoms with Crippen LogP contribution in [0.2, 0.25) is 5.02 Å². The van der Waals surface area contributed by atoms with Crippen molar-refractivity contribution in [1.82, 2.24) is 9.78 Å². The van der Waals surface area contributed by atoms with Gasteiger partial charge in [0.05, 0.1) is 12.3 Å². The second-order valence-corrected chi connectivity index (χ2v) is 4.27. The van der Waals surface area contributed by atoms with Crippen molar-refractivity contribution in [3.63, 3.8) is 0 Å². The highest BCUT2D eigenvalue weighted by Crippen LogP contribution is 2.22. The Kier molecular flexibility index (Phi) is 3.91. The maximum absolute atomic E-state index is 11.7. The molecule has 0 fully saturated rings. The summed E-state index contributed by atoms with van der Waals surface area (Å²) >= 11 is 5.81. The van der Waals surface area contributed by atoms with Crippen LogP contribution in [0.1, 0.15) is 23.0 Å². The monoisotopic (exact) mass is 290 g/mol. The van der Waals surface area contributed by atoms with E-state index in [4.69, 9.17) is 27.3 Å². The van der Waals surface area contributed by atoms with E-state index in [1.165, 1.54) is 4.68 Å². The first-order valence-corrected chi connectivity index (χ1v) is 6.18. The van der Waals surface area contributed by atoms with Gasteiger partial charge in [0.15, 0.2) is 5.69 Å². The van der Waals surface area contributed by atoms with Crippen LogP contribution in [0.15, 0.2) is 24.3 Å². The Hall–Kier alpha value is -2.52. The molecule has 0 saturated heterocycles. The van der Waals surface area contributed by atoms with Crippen molar-refractivity contribution >= 4 is 23.4 Å². The summed E-state index contributed by atoms with van der Waals surface area (Å²) in [5, 5.41) is 13.7. The third-order valence-electron chi connectivity index (χ3n) is 2.57. The molecule has 0 unspecified atom stereocenters. The summed E-state index contributed by atoms with van der Waals surface area (Å²) in [6.07, 6.45) is 0. The number of nitrogens with zero attached hydrogens (tertiary/aromatic N) is 3. The van der Waals surface area contributed by atoms with Crippen LogP contribution < -0.4 is 5.73 Å². The fraction of sp³-hybridized carbons (Fsp3) is 0.154. The molecule has 0 aliphatic carbocycles. The number of anilines is 1. The Labute approximate surface area is 120 Å². The van der Waals surface area contributed by atoms with Gasteiger partial charge in [-0.1, -0.05) is 11.6 Å².